The average molecular weight is 402 g/mol. The molecule has 0 atom stereocenters. The summed E-state index contributed by atoms with van der Waals surface area (Å²) in [5.74, 6) is -0.655. The zero-order chi connectivity index (χ0) is 21.2. The number of alkyl halides is 3. The molecule has 0 amide bonds. The van der Waals surface area contributed by atoms with Crippen molar-refractivity contribution in [2.24, 2.45) is 0 Å². The van der Waals surface area contributed by atoms with Gasteiger partial charge < -0.3 is 4.74 Å². The van der Waals surface area contributed by atoms with Crippen LogP contribution in [0.3, 0.4) is 0 Å². The quantitative estimate of drug-likeness (QED) is 0.617. The Balaban J connectivity index is 2.05. The molecule has 0 aliphatic carbocycles. The Morgan fingerprint density at radius 3 is 2.62 bits per heavy atom. The number of rotatable bonds is 4. The Bertz CT molecular complexity index is 1120. The number of halogens is 3. The van der Waals surface area contributed by atoms with Crippen LogP contribution in [0.5, 0.6) is 0 Å². The van der Waals surface area contributed by atoms with Crippen LogP contribution < -0.4 is 0 Å². The molecule has 0 fully saturated rings. The van der Waals surface area contributed by atoms with Crippen molar-refractivity contribution in [1.82, 2.24) is 25.0 Å². The lowest BCUT2D eigenvalue weighted by atomic mass is 10.0. The van der Waals surface area contributed by atoms with Crippen molar-refractivity contribution < 1.29 is 22.7 Å². The number of aromatic nitrogens is 5. The zero-order valence-corrected chi connectivity index (χ0v) is 15.2. The van der Waals surface area contributed by atoms with E-state index in [4.69, 9.17) is 4.74 Å². The summed E-state index contributed by atoms with van der Waals surface area (Å²) < 4.78 is 43.7. The van der Waals surface area contributed by atoms with Crippen molar-refractivity contribution in [2.75, 3.05) is 0 Å². The lowest BCUT2D eigenvalue weighted by molar-refractivity contribution is -0.145. The van der Waals surface area contributed by atoms with Crippen molar-refractivity contribution in [2.45, 2.75) is 26.8 Å². The molecule has 3 aromatic rings. The second kappa shape index (κ2) is 7.67. The topological polar surface area (TPSA) is 107 Å². The van der Waals surface area contributed by atoms with Crippen molar-refractivity contribution in [3.05, 3.63) is 47.4 Å². The molecule has 1 aromatic carbocycles. The Kier molecular flexibility index (Phi) is 5.27. The third kappa shape index (κ3) is 4.55. The summed E-state index contributed by atoms with van der Waals surface area (Å²) in [6, 6.07) is 7.51. The molecule has 0 radical (unpaired) electrons. The molecule has 11 heteroatoms. The summed E-state index contributed by atoms with van der Waals surface area (Å²) in [5, 5.41) is 17.4. The minimum absolute atomic E-state index is 0.0290. The molecule has 2 aromatic heterocycles. The summed E-state index contributed by atoms with van der Waals surface area (Å²) >= 11 is 0. The minimum atomic E-state index is -4.60. The fraction of sp³-hybridized carbons (Fsp3) is 0.222. The van der Waals surface area contributed by atoms with E-state index in [1.165, 1.54) is 13.0 Å². The van der Waals surface area contributed by atoms with Gasteiger partial charge in [0.1, 0.15) is 17.5 Å². The molecule has 0 N–H and O–H groups in total. The zero-order valence-electron chi connectivity index (χ0n) is 15.2. The fourth-order valence-electron chi connectivity index (χ4n) is 2.53. The van der Waals surface area contributed by atoms with Crippen LogP contribution in [0, 0.1) is 18.3 Å². The van der Waals surface area contributed by atoms with Crippen LogP contribution in [0.15, 0.2) is 30.5 Å². The number of ether oxygens (including phenoxy) is 1. The second-order valence-electron chi connectivity index (χ2n) is 6.00. The predicted molar refractivity (Wildman–Crippen MR) is 92.7 cm³/mol. The Labute approximate surface area is 162 Å². The molecule has 0 spiro atoms. The molecule has 0 saturated heterocycles. The van der Waals surface area contributed by atoms with Crippen LogP contribution in [-0.2, 0) is 22.4 Å². The van der Waals surface area contributed by atoms with Gasteiger partial charge >= 0.3 is 12.1 Å². The monoisotopic (exact) mass is 402 g/mol. The van der Waals surface area contributed by atoms with Gasteiger partial charge in [0.25, 0.3) is 0 Å². The van der Waals surface area contributed by atoms with Crippen LogP contribution in [0.4, 0.5) is 13.2 Å². The van der Waals surface area contributed by atoms with Crippen LogP contribution in [-0.4, -0.2) is 30.9 Å². The maximum Gasteiger partial charge on any atom is 0.433 e. The molecule has 29 heavy (non-hydrogen) atoms. The number of nitriles is 1. The molecule has 148 valence electrons. The molecule has 0 saturated carbocycles. The maximum absolute atomic E-state index is 13.0. The molecular formula is C18H13F3N6O2. The summed E-state index contributed by atoms with van der Waals surface area (Å²) in [6.45, 7) is 2.67. The first kappa shape index (κ1) is 19.9. The van der Waals surface area contributed by atoms with E-state index in [0.29, 0.717) is 16.7 Å². The number of aryl methyl sites for hydroxylation is 1. The highest BCUT2D eigenvalue weighted by molar-refractivity contribution is 5.71. The van der Waals surface area contributed by atoms with Crippen molar-refractivity contribution in [3.8, 4) is 28.7 Å². The first-order valence-electron chi connectivity index (χ1n) is 8.18. The van der Waals surface area contributed by atoms with Crippen molar-refractivity contribution in [3.63, 3.8) is 0 Å². The summed E-state index contributed by atoms with van der Waals surface area (Å²) in [5.41, 5.74) is 0.555. The normalized spacial score (nSPS) is 11.2. The molecule has 0 aliphatic rings. The van der Waals surface area contributed by atoms with E-state index in [-0.39, 0.29) is 23.9 Å². The molecule has 2 heterocycles. The van der Waals surface area contributed by atoms with Gasteiger partial charge in [0.2, 0.25) is 6.73 Å². The van der Waals surface area contributed by atoms with Crippen molar-refractivity contribution >= 4 is 5.97 Å². The Hall–Kier alpha value is -3.81. The van der Waals surface area contributed by atoms with Crippen LogP contribution >= 0.6 is 0 Å². The first-order chi connectivity index (χ1) is 13.7. The van der Waals surface area contributed by atoms with Gasteiger partial charge in [0.05, 0.1) is 0 Å². The van der Waals surface area contributed by atoms with Gasteiger partial charge in [-0.25, -0.2) is 9.97 Å². The second-order valence-corrected chi connectivity index (χ2v) is 6.00. The third-order valence-corrected chi connectivity index (χ3v) is 3.70. The van der Waals surface area contributed by atoms with E-state index < -0.39 is 17.8 Å². The van der Waals surface area contributed by atoms with E-state index in [9.17, 15) is 23.2 Å². The van der Waals surface area contributed by atoms with Gasteiger partial charge in [-0.15, -0.1) is 15.0 Å². The highest BCUT2D eigenvalue weighted by atomic mass is 19.4. The number of benzene rings is 1. The van der Waals surface area contributed by atoms with Gasteiger partial charge in [-0.2, -0.15) is 18.4 Å². The average Bonchev–Trinajstić information content (AvgIpc) is 3.09. The van der Waals surface area contributed by atoms with Crippen molar-refractivity contribution in [1.29, 1.82) is 5.26 Å². The van der Waals surface area contributed by atoms with E-state index in [1.54, 1.807) is 19.1 Å². The molecule has 0 unspecified atom stereocenters. The standard InChI is InChI=1S/C18H13F3N6O2/c1-10-5-12(16-14(8-22)25-27(26-16)9-29-11(2)28)7-13(6-10)17-23-4-3-15(24-17)18(19,20)21/h3-7H,9H2,1-2H3. The molecular weight excluding hydrogens is 389 g/mol. The highest BCUT2D eigenvalue weighted by Crippen LogP contribution is 2.30. The van der Waals surface area contributed by atoms with Gasteiger partial charge in [-0.1, -0.05) is 0 Å². The maximum atomic E-state index is 13.0. The van der Waals surface area contributed by atoms with Crippen LogP contribution in [0.25, 0.3) is 22.6 Å². The van der Waals surface area contributed by atoms with E-state index in [2.05, 4.69) is 20.2 Å². The van der Waals surface area contributed by atoms with Gasteiger partial charge in [0.15, 0.2) is 11.5 Å². The van der Waals surface area contributed by atoms with E-state index in [1.807, 2.05) is 6.07 Å². The first-order valence-corrected chi connectivity index (χ1v) is 8.18. The number of hydrogen-bond donors (Lipinski definition) is 0. The highest BCUT2D eigenvalue weighted by Gasteiger charge is 2.32. The Morgan fingerprint density at radius 2 is 1.97 bits per heavy atom. The number of hydrogen-bond acceptors (Lipinski definition) is 7. The summed E-state index contributed by atoms with van der Waals surface area (Å²) in [7, 11) is 0. The molecule has 0 aliphatic heterocycles. The number of carbonyl (C=O) groups is 1. The smallest absolute Gasteiger partial charge is 0.433 e. The lowest BCUT2D eigenvalue weighted by Crippen LogP contribution is -2.09. The SMILES string of the molecule is CC(=O)OCn1nc(C#N)c(-c2cc(C)cc(-c3nccc(C(F)(F)F)n3)c2)n1. The van der Waals surface area contributed by atoms with Gasteiger partial charge in [-0.05, 0) is 36.8 Å². The van der Waals surface area contributed by atoms with Gasteiger partial charge in [-0.3, -0.25) is 4.79 Å². The molecule has 0 bridgehead atoms. The molecule has 8 nitrogen and oxygen atoms in total. The van der Waals surface area contributed by atoms with E-state index >= 15 is 0 Å². The number of nitrogens with zero attached hydrogens (tertiary/aromatic N) is 6. The summed E-state index contributed by atoms with van der Waals surface area (Å²) in [6.07, 6.45) is -3.57. The van der Waals surface area contributed by atoms with E-state index in [0.717, 1.165) is 17.1 Å². The van der Waals surface area contributed by atoms with Crippen LogP contribution in [0.2, 0.25) is 0 Å². The number of carbonyl (C=O) groups excluding carboxylic acids is 1. The third-order valence-electron chi connectivity index (χ3n) is 3.70. The summed E-state index contributed by atoms with van der Waals surface area (Å²) in [4.78, 5) is 19.5. The van der Waals surface area contributed by atoms with Crippen LogP contribution in [0.1, 0.15) is 23.9 Å². The number of esters is 1. The lowest BCUT2D eigenvalue weighted by Gasteiger charge is -2.09. The largest absolute Gasteiger partial charge is 0.441 e. The minimum Gasteiger partial charge on any atom is -0.441 e. The predicted octanol–water partition coefficient (Wildman–Crippen LogP) is 3.12. The fourth-order valence-corrected chi connectivity index (χ4v) is 2.53. The Morgan fingerprint density at radius 1 is 1.24 bits per heavy atom. The molecule has 3 rings (SSSR count). The van der Waals surface area contributed by atoms with Gasteiger partial charge in [0, 0.05) is 24.2 Å².